The van der Waals surface area contributed by atoms with Crippen LogP contribution < -0.4 is 5.32 Å². The molecule has 0 heterocycles. The monoisotopic (exact) mass is 207 g/mol. The van der Waals surface area contributed by atoms with Gasteiger partial charge in [0.25, 0.3) is 10.1 Å². The average Bonchev–Trinajstić information content (AvgIpc) is 2.02. The predicted octanol–water partition coefficient (Wildman–Crippen LogP) is -0.0450. The van der Waals surface area contributed by atoms with Crippen molar-refractivity contribution in [1.29, 1.82) is 0 Å². The van der Waals surface area contributed by atoms with Gasteiger partial charge in [0, 0.05) is 6.54 Å². The molecular formula is C7H13NO4S. The molecule has 13 heavy (non-hydrogen) atoms. The Labute approximate surface area is 77.6 Å². The van der Waals surface area contributed by atoms with Gasteiger partial charge in [-0.05, 0) is 12.5 Å². The van der Waals surface area contributed by atoms with Gasteiger partial charge in [-0.25, -0.2) is 0 Å². The van der Waals surface area contributed by atoms with Gasteiger partial charge in [0.2, 0.25) is 5.91 Å². The first-order valence-electron chi connectivity index (χ1n) is 3.78. The Morgan fingerprint density at radius 1 is 1.69 bits per heavy atom. The van der Waals surface area contributed by atoms with E-state index in [2.05, 4.69) is 11.9 Å². The highest BCUT2D eigenvalue weighted by Gasteiger charge is 2.20. The molecule has 0 aliphatic carbocycles. The van der Waals surface area contributed by atoms with Crippen molar-refractivity contribution < 1.29 is 17.8 Å². The Bertz CT molecular complexity index is 283. The van der Waals surface area contributed by atoms with E-state index in [9.17, 15) is 13.2 Å². The topological polar surface area (TPSA) is 83.5 Å². The van der Waals surface area contributed by atoms with Crippen LogP contribution in [0.25, 0.3) is 0 Å². The van der Waals surface area contributed by atoms with E-state index in [0.29, 0.717) is 0 Å². The van der Waals surface area contributed by atoms with Crippen LogP contribution in [0.1, 0.15) is 13.3 Å². The Hall–Kier alpha value is -0.880. The maximum Gasteiger partial charge on any atom is 0.269 e. The molecule has 1 atom stereocenters. The molecule has 0 saturated heterocycles. The van der Waals surface area contributed by atoms with Crippen LogP contribution >= 0.6 is 0 Å². The van der Waals surface area contributed by atoms with Crippen LogP contribution in [0.15, 0.2) is 12.7 Å². The maximum atomic E-state index is 10.7. The second-order valence-corrected chi connectivity index (χ2v) is 4.19. The fourth-order valence-corrected chi connectivity index (χ4v) is 1.46. The molecular weight excluding hydrogens is 194 g/mol. The molecule has 0 radical (unpaired) electrons. The van der Waals surface area contributed by atoms with Crippen LogP contribution in [-0.4, -0.2) is 30.7 Å². The third kappa shape index (κ3) is 4.64. The number of hydrogen-bond acceptors (Lipinski definition) is 3. The SMILES string of the molecule is C=CC(=O)NC[C@H](CC)S(=O)(=O)O. The zero-order valence-corrected chi connectivity index (χ0v) is 8.17. The van der Waals surface area contributed by atoms with Gasteiger partial charge in [-0.3, -0.25) is 9.35 Å². The van der Waals surface area contributed by atoms with Crippen molar-refractivity contribution >= 4 is 16.0 Å². The van der Waals surface area contributed by atoms with E-state index in [1.165, 1.54) is 0 Å². The lowest BCUT2D eigenvalue weighted by Gasteiger charge is -2.10. The van der Waals surface area contributed by atoms with Gasteiger partial charge in [0.15, 0.2) is 0 Å². The largest absolute Gasteiger partial charge is 0.351 e. The van der Waals surface area contributed by atoms with E-state index in [1.807, 2.05) is 0 Å². The number of rotatable bonds is 5. The first-order valence-corrected chi connectivity index (χ1v) is 5.28. The lowest BCUT2D eigenvalue weighted by Crippen LogP contribution is -2.35. The molecule has 1 amide bonds. The summed E-state index contributed by atoms with van der Waals surface area (Å²) in [6.45, 7) is 4.72. The Balaban J connectivity index is 4.16. The van der Waals surface area contributed by atoms with Crippen molar-refractivity contribution in [2.75, 3.05) is 6.54 Å². The minimum Gasteiger partial charge on any atom is -0.351 e. The third-order valence-electron chi connectivity index (χ3n) is 1.57. The Kier molecular flexibility index (Phi) is 4.64. The lowest BCUT2D eigenvalue weighted by atomic mass is 10.3. The minimum atomic E-state index is -4.07. The van der Waals surface area contributed by atoms with Gasteiger partial charge < -0.3 is 5.32 Å². The highest BCUT2D eigenvalue weighted by molar-refractivity contribution is 7.86. The van der Waals surface area contributed by atoms with Crippen molar-refractivity contribution in [2.24, 2.45) is 0 Å². The quantitative estimate of drug-likeness (QED) is 0.489. The molecule has 0 fully saturated rings. The zero-order chi connectivity index (χ0) is 10.5. The van der Waals surface area contributed by atoms with Gasteiger partial charge in [-0.2, -0.15) is 8.42 Å². The molecule has 0 spiro atoms. The summed E-state index contributed by atoms with van der Waals surface area (Å²) in [6, 6.07) is 0. The zero-order valence-electron chi connectivity index (χ0n) is 7.36. The first-order chi connectivity index (χ1) is 5.91. The third-order valence-corrected chi connectivity index (χ3v) is 2.91. The number of amides is 1. The number of carbonyl (C=O) groups is 1. The Morgan fingerprint density at radius 2 is 2.23 bits per heavy atom. The first kappa shape index (κ1) is 12.1. The summed E-state index contributed by atoms with van der Waals surface area (Å²) in [6.07, 6.45) is 1.28. The fourth-order valence-electron chi connectivity index (χ4n) is 0.747. The normalized spacial score (nSPS) is 13.4. The number of hydrogen-bond donors (Lipinski definition) is 2. The predicted molar refractivity (Wildman–Crippen MR) is 48.8 cm³/mol. The van der Waals surface area contributed by atoms with E-state index in [0.717, 1.165) is 6.08 Å². The van der Waals surface area contributed by atoms with Gasteiger partial charge in [-0.1, -0.05) is 13.5 Å². The number of nitrogens with one attached hydrogen (secondary N) is 1. The molecule has 2 N–H and O–H groups in total. The molecule has 0 aromatic rings. The van der Waals surface area contributed by atoms with Crippen molar-refractivity contribution in [2.45, 2.75) is 18.6 Å². The van der Waals surface area contributed by atoms with Gasteiger partial charge in [0.05, 0.1) is 0 Å². The second-order valence-electron chi connectivity index (χ2n) is 2.49. The molecule has 0 aromatic carbocycles. The van der Waals surface area contributed by atoms with Crippen LogP contribution in [0, 0.1) is 0 Å². The molecule has 76 valence electrons. The van der Waals surface area contributed by atoms with Crippen LogP contribution in [0.2, 0.25) is 0 Å². The van der Waals surface area contributed by atoms with Crippen LogP contribution in [0.5, 0.6) is 0 Å². The molecule has 0 aliphatic heterocycles. The summed E-state index contributed by atoms with van der Waals surface area (Å²) in [5.74, 6) is -0.456. The van der Waals surface area contributed by atoms with E-state index in [4.69, 9.17) is 4.55 Å². The van der Waals surface area contributed by atoms with E-state index < -0.39 is 21.3 Å². The smallest absolute Gasteiger partial charge is 0.269 e. The summed E-state index contributed by atoms with van der Waals surface area (Å²) in [5, 5.41) is 1.35. The Morgan fingerprint density at radius 3 is 2.54 bits per heavy atom. The van der Waals surface area contributed by atoms with Gasteiger partial charge in [-0.15, -0.1) is 0 Å². The van der Waals surface area contributed by atoms with E-state index in [1.54, 1.807) is 6.92 Å². The van der Waals surface area contributed by atoms with Gasteiger partial charge >= 0.3 is 0 Å². The molecule has 0 aromatic heterocycles. The van der Waals surface area contributed by atoms with E-state index in [-0.39, 0.29) is 13.0 Å². The number of carbonyl (C=O) groups excluding carboxylic acids is 1. The van der Waals surface area contributed by atoms with E-state index >= 15 is 0 Å². The molecule has 6 heteroatoms. The summed E-state index contributed by atoms with van der Waals surface area (Å²) in [4.78, 5) is 10.7. The van der Waals surface area contributed by atoms with Crippen LogP contribution in [-0.2, 0) is 14.9 Å². The average molecular weight is 207 g/mol. The van der Waals surface area contributed by atoms with Crippen molar-refractivity contribution in [3.63, 3.8) is 0 Å². The molecule has 0 saturated carbocycles. The summed E-state index contributed by atoms with van der Waals surface area (Å²) in [5.41, 5.74) is 0. The van der Waals surface area contributed by atoms with Crippen LogP contribution in [0.3, 0.4) is 0 Å². The molecule has 0 unspecified atom stereocenters. The molecule has 0 bridgehead atoms. The lowest BCUT2D eigenvalue weighted by molar-refractivity contribution is -0.116. The molecule has 0 aliphatic rings. The fraction of sp³-hybridized carbons (Fsp3) is 0.571. The summed E-state index contributed by atoms with van der Waals surface area (Å²) in [7, 11) is -4.07. The van der Waals surface area contributed by atoms with Crippen molar-refractivity contribution in [3.05, 3.63) is 12.7 Å². The standard InChI is InChI=1S/C7H13NO4S/c1-3-6(13(10,11)12)5-8-7(9)4-2/h4,6H,2-3,5H2,1H3,(H,8,9)(H,10,11,12)/t6-/m0/s1. The summed E-state index contributed by atoms with van der Waals surface area (Å²) < 4.78 is 29.9. The second kappa shape index (κ2) is 4.98. The molecule has 0 rings (SSSR count). The van der Waals surface area contributed by atoms with Gasteiger partial charge in [0.1, 0.15) is 5.25 Å². The highest BCUT2D eigenvalue weighted by atomic mass is 32.2. The molecule has 5 nitrogen and oxygen atoms in total. The van der Waals surface area contributed by atoms with Crippen molar-refractivity contribution in [3.8, 4) is 0 Å². The maximum absolute atomic E-state index is 10.7. The summed E-state index contributed by atoms with van der Waals surface area (Å²) >= 11 is 0. The van der Waals surface area contributed by atoms with Crippen LogP contribution in [0.4, 0.5) is 0 Å². The highest BCUT2D eigenvalue weighted by Crippen LogP contribution is 2.01. The minimum absolute atomic E-state index is 0.0970. The van der Waals surface area contributed by atoms with Crippen molar-refractivity contribution in [1.82, 2.24) is 5.32 Å².